The molecule has 0 spiro atoms. The van der Waals surface area contributed by atoms with Gasteiger partial charge in [-0.1, -0.05) is 13.8 Å². The van der Waals surface area contributed by atoms with Crippen molar-refractivity contribution in [2.75, 3.05) is 0 Å². The summed E-state index contributed by atoms with van der Waals surface area (Å²) in [5.41, 5.74) is 0.295. The van der Waals surface area contributed by atoms with Crippen LogP contribution in [0.4, 0.5) is 0 Å². The number of halogens is 1. The number of hydrogen-bond acceptors (Lipinski definition) is 1. The fourth-order valence-electron chi connectivity index (χ4n) is 1.45. The third kappa shape index (κ3) is 1.87. The van der Waals surface area contributed by atoms with Crippen LogP contribution < -0.4 is 0 Å². The van der Waals surface area contributed by atoms with Crippen LogP contribution in [0.15, 0.2) is 0 Å². The van der Waals surface area contributed by atoms with Crippen LogP contribution >= 0.6 is 12.4 Å². The molecular formula is C7H13ClO2. The summed E-state index contributed by atoms with van der Waals surface area (Å²) in [5, 5.41) is 8.47. The van der Waals surface area contributed by atoms with Crippen LogP contribution in [0.5, 0.6) is 0 Å². The monoisotopic (exact) mass is 164 g/mol. The van der Waals surface area contributed by atoms with Gasteiger partial charge >= 0.3 is 5.97 Å². The number of carboxylic acid groups (broad SMARTS) is 1. The Hall–Kier alpha value is -0.240. The molecule has 1 aliphatic carbocycles. The van der Waals surface area contributed by atoms with Crippen molar-refractivity contribution in [2.24, 2.45) is 11.3 Å². The maximum atomic E-state index is 10.3. The second-order valence-electron chi connectivity index (χ2n) is 3.61. The summed E-state index contributed by atoms with van der Waals surface area (Å²) in [5.74, 6) is -0.686. The average Bonchev–Trinajstić information content (AvgIpc) is 1.59. The van der Waals surface area contributed by atoms with Gasteiger partial charge in [0.2, 0.25) is 0 Å². The van der Waals surface area contributed by atoms with Crippen molar-refractivity contribution in [1.82, 2.24) is 0 Å². The van der Waals surface area contributed by atoms with E-state index in [-0.39, 0.29) is 18.3 Å². The molecule has 1 rings (SSSR count). The second kappa shape index (κ2) is 2.79. The molecule has 0 aromatic rings. The minimum atomic E-state index is -0.630. The van der Waals surface area contributed by atoms with Crippen molar-refractivity contribution in [3.8, 4) is 0 Å². The molecule has 0 aromatic heterocycles. The Morgan fingerprint density at radius 3 is 2.00 bits per heavy atom. The number of carbonyl (C=O) groups is 1. The van der Waals surface area contributed by atoms with Gasteiger partial charge in [0.1, 0.15) is 0 Å². The van der Waals surface area contributed by atoms with Gasteiger partial charge in [-0.05, 0) is 18.3 Å². The molecule has 0 unspecified atom stereocenters. The van der Waals surface area contributed by atoms with Crippen molar-refractivity contribution in [1.29, 1.82) is 0 Å². The van der Waals surface area contributed by atoms with Gasteiger partial charge in [-0.2, -0.15) is 0 Å². The Bertz CT molecular complexity index is 135. The first-order valence-electron chi connectivity index (χ1n) is 3.24. The van der Waals surface area contributed by atoms with Gasteiger partial charge < -0.3 is 5.11 Å². The van der Waals surface area contributed by atoms with E-state index in [0.29, 0.717) is 5.41 Å². The molecule has 3 heteroatoms. The molecule has 0 bridgehead atoms. The molecule has 1 aliphatic rings. The molecule has 0 saturated heterocycles. The van der Waals surface area contributed by atoms with Gasteiger partial charge in [0.25, 0.3) is 0 Å². The van der Waals surface area contributed by atoms with E-state index in [2.05, 4.69) is 13.8 Å². The van der Waals surface area contributed by atoms with Crippen LogP contribution in [0.1, 0.15) is 26.7 Å². The van der Waals surface area contributed by atoms with E-state index in [1.54, 1.807) is 0 Å². The number of carboxylic acids is 1. The highest BCUT2D eigenvalue weighted by Crippen LogP contribution is 2.44. The molecule has 0 amide bonds. The molecular weight excluding hydrogens is 152 g/mol. The van der Waals surface area contributed by atoms with E-state index in [4.69, 9.17) is 5.11 Å². The van der Waals surface area contributed by atoms with E-state index in [1.165, 1.54) is 0 Å². The normalized spacial score (nSPS) is 22.6. The van der Waals surface area contributed by atoms with Gasteiger partial charge in [-0.15, -0.1) is 12.4 Å². The molecule has 1 fully saturated rings. The molecule has 0 heterocycles. The predicted molar refractivity (Wildman–Crippen MR) is 41.4 cm³/mol. The Labute approximate surface area is 67.0 Å². The molecule has 60 valence electrons. The topological polar surface area (TPSA) is 37.3 Å². The molecule has 1 N–H and O–H groups in total. The highest BCUT2D eigenvalue weighted by Gasteiger charge is 2.40. The summed E-state index contributed by atoms with van der Waals surface area (Å²) in [6, 6.07) is 0. The Kier molecular flexibility index (Phi) is 2.72. The Morgan fingerprint density at radius 2 is 1.90 bits per heavy atom. The SMILES string of the molecule is CC1(C)CC(C(=O)O)C1.Cl. The van der Waals surface area contributed by atoms with Crippen LogP contribution in [-0.4, -0.2) is 11.1 Å². The van der Waals surface area contributed by atoms with Crippen LogP contribution in [0.2, 0.25) is 0 Å². The molecule has 10 heavy (non-hydrogen) atoms. The lowest BCUT2D eigenvalue weighted by Crippen LogP contribution is -2.36. The summed E-state index contributed by atoms with van der Waals surface area (Å²) in [6.07, 6.45) is 1.70. The van der Waals surface area contributed by atoms with Crippen molar-refractivity contribution < 1.29 is 9.90 Å². The third-order valence-electron chi connectivity index (χ3n) is 1.95. The lowest BCUT2D eigenvalue weighted by Gasteiger charge is -2.39. The minimum Gasteiger partial charge on any atom is -0.481 e. The smallest absolute Gasteiger partial charge is 0.306 e. The summed E-state index contributed by atoms with van der Waals surface area (Å²) in [7, 11) is 0. The first-order valence-corrected chi connectivity index (χ1v) is 3.24. The van der Waals surface area contributed by atoms with Crippen LogP contribution in [-0.2, 0) is 4.79 Å². The largest absolute Gasteiger partial charge is 0.481 e. The number of hydrogen-bond donors (Lipinski definition) is 1. The van der Waals surface area contributed by atoms with E-state index >= 15 is 0 Å². The molecule has 1 saturated carbocycles. The van der Waals surface area contributed by atoms with E-state index < -0.39 is 5.97 Å². The van der Waals surface area contributed by atoms with E-state index in [9.17, 15) is 4.79 Å². The Morgan fingerprint density at radius 1 is 1.50 bits per heavy atom. The first-order chi connectivity index (χ1) is 4.01. The van der Waals surface area contributed by atoms with Crippen LogP contribution in [0, 0.1) is 11.3 Å². The minimum absolute atomic E-state index is 0. The Balaban J connectivity index is 0.000000810. The van der Waals surface area contributed by atoms with Crippen molar-refractivity contribution >= 4 is 18.4 Å². The maximum Gasteiger partial charge on any atom is 0.306 e. The van der Waals surface area contributed by atoms with Gasteiger partial charge in [0.05, 0.1) is 5.92 Å². The standard InChI is InChI=1S/C7H12O2.ClH/c1-7(2)3-5(4-7)6(8)9;/h5H,3-4H2,1-2H3,(H,8,9);1H. The van der Waals surface area contributed by atoms with Gasteiger partial charge in [0, 0.05) is 0 Å². The molecule has 2 nitrogen and oxygen atoms in total. The number of aliphatic carboxylic acids is 1. The van der Waals surface area contributed by atoms with E-state index in [0.717, 1.165) is 12.8 Å². The van der Waals surface area contributed by atoms with Crippen molar-refractivity contribution in [2.45, 2.75) is 26.7 Å². The molecule has 0 radical (unpaired) electrons. The number of rotatable bonds is 1. The van der Waals surface area contributed by atoms with Gasteiger partial charge in [-0.3, -0.25) is 4.79 Å². The first kappa shape index (κ1) is 9.76. The highest BCUT2D eigenvalue weighted by molar-refractivity contribution is 5.85. The zero-order valence-electron chi connectivity index (χ0n) is 6.26. The summed E-state index contributed by atoms with van der Waals surface area (Å²) in [6.45, 7) is 4.21. The molecule has 0 aliphatic heterocycles. The fraction of sp³-hybridized carbons (Fsp3) is 0.857. The predicted octanol–water partition coefficient (Wildman–Crippen LogP) is 1.93. The second-order valence-corrected chi connectivity index (χ2v) is 3.61. The van der Waals surface area contributed by atoms with Gasteiger partial charge in [0.15, 0.2) is 0 Å². The zero-order chi connectivity index (χ0) is 7.07. The van der Waals surface area contributed by atoms with Crippen molar-refractivity contribution in [3.63, 3.8) is 0 Å². The summed E-state index contributed by atoms with van der Waals surface area (Å²) >= 11 is 0. The third-order valence-corrected chi connectivity index (χ3v) is 1.95. The summed E-state index contributed by atoms with van der Waals surface area (Å²) in [4.78, 5) is 10.3. The van der Waals surface area contributed by atoms with Crippen LogP contribution in [0.25, 0.3) is 0 Å². The quantitative estimate of drug-likeness (QED) is 0.643. The lowest BCUT2D eigenvalue weighted by molar-refractivity contribution is -0.148. The zero-order valence-corrected chi connectivity index (χ0v) is 7.07. The van der Waals surface area contributed by atoms with Crippen LogP contribution in [0.3, 0.4) is 0 Å². The van der Waals surface area contributed by atoms with E-state index in [1.807, 2.05) is 0 Å². The maximum absolute atomic E-state index is 10.3. The highest BCUT2D eigenvalue weighted by atomic mass is 35.5. The van der Waals surface area contributed by atoms with Crippen molar-refractivity contribution in [3.05, 3.63) is 0 Å². The lowest BCUT2D eigenvalue weighted by atomic mass is 9.65. The fourth-order valence-corrected chi connectivity index (χ4v) is 1.45. The molecule has 0 aromatic carbocycles. The average molecular weight is 165 g/mol. The summed E-state index contributed by atoms with van der Waals surface area (Å²) < 4.78 is 0. The molecule has 0 atom stereocenters. The van der Waals surface area contributed by atoms with Gasteiger partial charge in [-0.25, -0.2) is 0 Å².